The third-order valence-electron chi connectivity index (χ3n) is 3.32. The highest BCUT2D eigenvalue weighted by Gasteiger charge is 2.18. The lowest BCUT2D eigenvalue weighted by Crippen LogP contribution is -2.28. The highest BCUT2D eigenvalue weighted by atomic mass is 16.5. The van der Waals surface area contributed by atoms with E-state index in [4.69, 9.17) is 9.84 Å². The number of hydrogen-bond acceptors (Lipinski definition) is 2. The first kappa shape index (κ1) is 15.9. The van der Waals surface area contributed by atoms with Gasteiger partial charge in [-0.3, -0.25) is 0 Å². The number of carbonyl (C=O) groups is 1. The summed E-state index contributed by atoms with van der Waals surface area (Å²) in [4.78, 5) is 11.1. The molecule has 0 aliphatic heterocycles. The van der Waals surface area contributed by atoms with Gasteiger partial charge in [0, 0.05) is 0 Å². The topological polar surface area (TPSA) is 58.6 Å². The zero-order chi connectivity index (χ0) is 16.1. The van der Waals surface area contributed by atoms with Crippen molar-refractivity contribution < 1.29 is 14.6 Å². The number of amides is 1. The van der Waals surface area contributed by atoms with Crippen molar-refractivity contribution in [2.75, 3.05) is 0 Å². The maximum absolute atomic E-state index is 11.1. The molecule has 4 heteroatoms. The summed E-state index contributed by atoms with van der Waals surface area (Å²) in [6.07, 6.45) is -0.942. The molecule has 0 saturated carbocycles. The summed E-state index contributed by atoms with van der Waals surface area (Å²) in [7, 11) is 0. The zero-order valence-electron chi connectivity index (χ0n) is 13.0. The van der Waals surface area contributed by atoms with Gasteiger partial charge in [-0.1, -0.05) is 36.4 Å². The van der Waals surface area contributed by atoms with Gasteiger partial charge in [0.25, 0.3) is 0 Å². The van der Waals surface area contributed by atoms with Crippen molar-refractivity contribution >= 4 is 6.09 Å². The van der Waals surface area contributed by atoms with Crippen LogP contribution in [-0.4, -0.2) is 17.3 Å². The molecule has 1 unspecified atom stereocenters. The van der Waals surface area contributed by atoms with E-state index in [1.807, 2.05) is 69.3 Å². The molecule has 116 valence electrons. The number of rotatable bonds is 5. The second-order valence-corrected chi connectivity index (χ2v) is 5.48. The lowest BCUT2D eigenvalue weighted by Gasteiger charge is -2.21. The van der Waals surface area contributed by atoms with Crippen molar-refractivity contribution in [3.8, 4) is 5.75 Å². The van der Waals surface area contributed by atoms with E-state index in [-0.39, 0.29) is 6.10 Å². The summed E-state index contributed by atoms with van der Waals surface area (Å²) in [5.41, 5.74) is 2.82. The molecule has 0 bridgehead atoms. The van der Waals surface area contributed by atoms with E-state index in [1.54, 1.807) is 0 Å². The average Bonchev–Trinajstić information content (AvgIpc) is 2.45. The van der Waals surface area contributed by atoms with Crippen LogP contribution in [0.25, 0.3) is 0 Å². The molecule has 1 atom stereocenters. The first-order chi connectivity index (χ1) is 10.5. The molecule has 1 amide bonds. The number of aryl methyl sites for hydroxylation is 1. The Labute approximate surface area is 130 Å². The van der Waals surface area contributed by atoms with Crippen molar-refractivity contribution in [2.24, 2.45) is 0 Å². The Morgan fingerprint density at radius 1 is 1.14 bits per heavy atom. The summed E-state index contributed by atoms with van der Waals surface area (Å²) in [6.45, 7) is 5.91. The van der Waals surface area contributed by atoms with Gasteiger partial charge in [-0.25, -0.2) is 4.79 Å². The molecule has 2 aromatic carbocycles. The molecular formula is C18H21NO3. The lowest BCUT2D eigenvalue weighted by atomic mass is 9.95. The summed E-state index contributed by atoms with van der Waals surface area (Å²) >= 11 is 0. The molecule has 0 aliphatic rings. The second-order valence-electron chi connectivity index (χ2n) is 5.48. The molecule has 0 aliphatic carbocycles. The van der Waals surface area contributed by atoms with E-state index in [9.17, 15) is 4.79 Å². The fourth-order valence-corrected chi connectivity index (χ4v) is 2.43. The summed E-state index contributed by atoms with van der Waals surface area (Å²) in [5.74, 6) is 0.790. The fraction of sp³-hybridized carbons (Fsp3) is 0.278. The van der Waals surface area contributed by atoms with E-state index >= 15 is 0 Å². The number of carboxylic acid groups (broad SMARTS) is 1. The molecule has 2 rings (SSSR count). The van der Waals surface area contributed by atoms with Crippen LogP contribution in [0.4, 0.5) is 4.79 Å². The molecule has 0 fully saturated rings. The van der Waals surface area contributed by atoms with Gasteiger partial charge in [-0.05, 0) is 49.6 Å². The first-order valence-electron chi connectivity index (χ1n) is 7.29. The summed E-state index contributed by atoms with van der Waals surface area (Å²) in [6, 6.07) is 14.9. The van der Waals surface area contributed by atoms with Crippen molar-refractivity contribution in [1.29, 1.82) is 0 Å². The normalized spacial score (nSPS) is 12.0. The Morgan fingerprint density at radius 2 is 1.82 bits per heavy atom. The van der Waals surface area contributed by atoms with E-state index in [0.29, 0.717) is 0 Å². The number of hydrogen-bond donors (Lipinski definition) is 2. The second kappa shape index (κ2) is 6.98. The van der Waals surface area contributed by atoms with Crippen LogP contribution in [0.2, 0.25) is 0 Å². The molecule has 4 nitrogen and oxygen atoms in total. The molecule has 0 radical (unpaired) electrons. The molecule has 0 aromatic heterocycles. The molecular weight excluding hydrogens is 278 g/mol. The van der Waals surface area contributed by atoms with Gasteiger partial charge in [0.2, 0.25) is 0 Å². The smallest absolute Gasteiger partial charge is 0.405 e. The number of benzene rings is 2. The summed E-state index contributed by atoms with van der Waals surface area (Å²) < 4.78 is 5.68. The van der Waals surface area contributed by atoms with Crippen molar-refractivity contribution in [2.45, 2.75) is 32.9 Å². The Bertz CT molecular complexity index is 638. The van der Waals surface area contributed by atoms with Gasteiger partial charge in [0.15, 0.2) is 0 Å². The van der Waals surface area contributed by atoms with Crippen molar-refractivity contribution in [1.82, 2.24) is 5.32 Å². The SMILES string of the molecule is Cc1cc(OC(C)C)ccc1C(NC(=O)O)c1ccccc1. The average molecular weight is 299 g/mol. The molecule has 0 saturated heterocycles. The monoisotopic (exact) mass is 299 g/mol. The molecule has 0 spiro atoms. The van der Waals surface area contributed by atoms with Gasteiger partial charge >= 0.3 is 6.09 Å². The maximum Gasteiger partial charge on any atom is 0.405 e. The van der Waals surface area contributed by atoms with Gasteiger partial charge in [0.05, 0.1) is 12.1 Å². The van der Waals surface area contributed by atoms with E-state index in [1.165, 1.54) is 0 Å². The Morgan fingerprint density at radius 3 is 2.36 bits per heavy atom. The van der Waals surface area contributed by atoms with E-state index in [2.05, 4.69) is 5.32 Å². The minimum atomic E-state index is -1.05. The van der Waals surface area contributed by atoms with Crippen LogP contribution in [0.15, 0.2) is 48.5 Å². The minimum absolute atomic E-state index is 0.104. The van der Waals surface area contributed by atoms with Crippen molar-refractivity contribution in [3.63, 3.8) is 0 Å². The maximum atomic E-state index is 11.1. The van der Waals surface area contributed by atoms with Crippen LogP contribution < -0.4 is 10.1 Å². The molecule has 2 aromatic rings. The number of nitrogens with one attached hydrogen (secondary N) is 1. The van der Waals surface area contributed by atoms with Crippen LogP contribution in [0.3, 0.4) is 0 Å². The van der Waals surface area contributed by atoms with Gasteiger partial charge in [-0.15, -0.1) is 0 Å². The fourth-order valence-electron chi connectivity index (χ4n) is 2.43. The Hall–Kier alpha value is -2.49. The van der Waals surface area contributed by atoms with Gasteiger partial charge < -0.3 is 15.2 Å². The Kier molecular flexibility index (Phi) is 5.04. The third-order valence-corrected chi connectivity index (χ3v) is 3.32. The lowest BCUT2D eigenvalue weighted by molar-refractivity contribution is 0.191. The predicted octanol–water partition coefficient (Wildman–Crippen LogP) is 4.14. The van der Waals surface area contributed by atoms with Crippen LogP contribution in [0, 0.1) is 6.92 Å². The standard InChI is InChI=1S/C18H21NO3/c1-12(2)22-15-9-10-16(13(3)11-15)17(19-18(20)21)14-7-5-4-6-8-14/h4-12,17,19H,1-3H3,(H,20,21). The predicted molar refractivity (Wildman–Crippen MR) is 86.4 cm³/mol. The van der Waals surface area contributed by atoms with Crippen LogP contribution in [0.1, 0.15) is 36.6 Å². The largest absolute Gasteiger partial charge is 0.491 e. The van der Waals surface area contributed by atoms with Crippen LogP contribution in [-0.2, 0) is 0 Å². The molecule has 22 heavy (non-hydrogen) atoms. The first-order valence-corrected chi connectivity index (χ1v) is 7.29. The molecule has 0 heterocycles. The highest BCUT2D eigenvalue weighted by molar-refractivity contribution is 5.66. The quantitative estimate of drug-likeness (QED) is 0.872. The van der Waals surface area contributed by atoms with Crippen LogP contribution in [0.5, 0.6) is 5.75 Å². The third kappa shape index (κ3) is 4.01. The van der Waals surface area contributed by atoms with Crippen molar-refractivity contribution in [3.05, 3.63) is 65.2 Å². The molecule has 2 N–H and O–H groups in total. The Balaban J connectivity index is 2.37. The van der Waals surface area contributed by atoms with Gasteiger partial charge in [0.1, 0.15) is 5.75 Å². The summed E-state index contributed by atoms with van der Waals surface area (Å²) in [5, 5.41) is 11.7. The van der Waals surface area contributed by atoms with Gasteiger partial charge in [-0.2, -0.15) is 0 Å². The number of ether oxygens (including phenoxy) is 1. The van der Waals surface area contributed by atoms with Crippen LogP contribution >= 0.6 is 0 Å². The highest BCUT2D eigenvalue weighted by Crippen LogP contribution is 2.28. The zero-order valence-corrected chi connectivity index (χ0v) is 13.0. The van der Waals surface area contributed by atoms with E-state index in [0.717, 1.165) is 22.4 Å². The van der Waals surface area contributed by atoms with E-state index < -0.39 is 12.1 Å². The minimum Gasteiger partial charge on any atom is -0.491 e.